The highest BCUT2D eigenvalue weighted by atomic mass is 32.2. The summed E-state index contributed by atoms with van der Waals surface area (Å²) in [7, 11) is -3.66. The maximum absolute atomic E-state index is 12.7. The molecule has 0 unspecified atom stereocenters. The molecule has 0 saturated heterocycles. The average molecular weight is 439 g/mol. The highest BCUT2D eigenvalue weighted by Gasteiger charge is 2.53. The maximum atomic E-state index is 12.7. The third-order valence-electron chi connectivity index (χ3n) is 8.08. The highest BCUT2D eigenvalue weighted by molar-refractivity contribution is 7.89. The van der Waals surface area contributed by atoms with Crippen molar-refractivity contribution < 1.29 is 13.5 Å². The van der Waals surface area contributed by atoms with Crippen LogP contribution < -0.4 is 4.83 Å². The number of phenols is 1. The molecule has 3 aliphatic carbocycles. The van der Waals surface area contributed by atoms with E-state index < -0.39 is 10.0 Å². The summed E-state index contributed by atoms with van der Waals surface area (Å²) in [5.41, 5.74) is 4.68. The van der Waals surface area contributed by atoms with Gasteiger partial charge in [-0.25, -0.2) is 4.83 Å². The number of nitrogens with one attached hydrogen (secondary N) is 1. The molecule has 0 aliphatic heterocycles. The highest BCUT2D eigenvalue weighted by Crippen LogP contribution is 2.59. The fourth-order valence-electron chi connectivity index (χ4n) is 6.43. The number of phenolic OH excluding ortho intramolecular Hbond substituents is 1. The lowest BCUT2D eigenvalue weighted by Gasteiger charge is -2.49. The van der Waals surface area contributed by atoms with Gasteiger partial charge in [-0.1, -0.05) is 30.7 Å². The van der Waals surface area contributed by atoms with E-state index in [1.165, 1.54) is 11.1 Å². The molecule has 0 spiro atoms. The van der Waals surface area contributed by atoms with Crippen molar-refractivity contribution >= 4 is 15.7 Å². The largest absolute Gasteiger partial charge is 0.508 e. The van der Waals surface area contributed by atoms with Crippen LogP contribution in [0.1, 0.15) is 61.6 Å². The number of rotatable bonds is 3. The van der Waals surface area contributed by atoms with Gasteiger partial charge in [-0.2, -0.15) is 13.5 Å². The Morgan fingerprint density at radius 1 is 1.06 bits per heavy atom. The fourth-order valence-corrected chi connectivity index (χ4v) is 7.26. The summed E-state index contributed by atoms with van der Waals surface area (Å²) in [6, 6.07) is 12.7. The number of hydrazone groups is 1. The molecule has 0 bridgehead atoms. The van der Waals surface area contributed by atoms with Crippen molar-refractivity contribution in [1.82, 2.24) is 4.83 Å². The van der Waals surface area contributed by atoms with Crippen molar-refractivity contribution in [2.24, 2.45) is 22.4 Å². The molecule has 6 heteroatoms. The molecule has 0 radical (unpaired) electrons. The molecule has 164 valence electrons. The first-order valence-corrected chi connectivity index (χ1v) is 12.7. The lowest BCUT2D eigenvalue weighted by Crippen LogP contribution is -2.43. The summed E-state index contributed by atoms with van der Waals surface area (Å²) in [6.07, 6.45) is 6.15. The minimum atomic E-state index is -3.66. The van der Waals surface area contributed by atoms with Crippen molar-refractivity contribution in [3.63, 3.8) is 0 Å². The number of hydrogen-bond donors (Lipinski definition) is 2. The van der Waals surface area contributed by atoms with Crippen molar-refractivity contribution in [3.05, 3.63) is 59.2 Å². The molecule has 5 rings (SSSR count). The fraction of sp³-hybridized carbons (Fsp3) is 0.480. The molecule has 0 heterocycles. The molecule has 0 amide bonds. The van der Waals surface area contributed by atoms with Gasteiger partial charge in [0.25, 0.3) is 10.0 Å². The normalized spacial score (nSPS) is 31.0. The molecule has 0 aromatic heterocycles. The second-order valence-corrected chi connectivity index (χ2v) is 11.4. The Labute approximate surface area is 184 Å². The van der Waals surface area contributed by atoms with Crippen LogP contribution in [0.2, 0.25) is 0 Å². The molecule has 2 fully saturated rings. The average Bonchev–Trinajstić information content (AvgIpc) is 3.08. The summed E-state index contributed by atoms with van der Waals surface area (Å²) in [6.45, 7) is 4.22. The van der Waals surface area contributed by atoms with Gasteiger partial charge in [0.2, 0.25) is 0 Å². The van der Waals surface area contributed by atoms with Crippen LogP contribution in [0.4, 0.5) is 0 Å². The Bertz CT molecular complexity index is 1140. The molecular formula is C25H30N2O3S. The first-order valence-electron chi connectivity index (χ1n) is 11.3. The monoisotopic (exact) mass is 438 g/mol. The van der Waals surface area contributed by atoms with E-state index in [9.17, 15) is 13.5 Å². The van der Waals surface area contributed by atoms with Crippen LogP contribution in [0.5, 0.6) is 5.75 Å². The molecular weight excluding hydrogens is 408 g/mol. The van der Waals surface area contributed by atoms with E-state index in [4.69, 9.17) is 0 Å². The number of aryl methyl sites for hydroxylation is 2. The number of hydrogen-bond acceptors (Lipinski definition) is 4. The van der Waals surface area contributed by atoms with E-state index in [0.29, 0.717) is 23.5 Å². The standard InChI is InChI=1S/C25H30N2O3S/c1-16-3-7-19(8-4-16)31(29,30)27-26-24-12-11-23-22-9-5-17-15-18(28)6-10-20(17)21(22)13-14-25(23,24)2/h3-4,6-8,10,15,21-23,27-28H,5,9,11-14H2,1-2H3/b26-24+/t21-,22-,23+,25+/m1/s1. The Balaban J connectivity index is 1.38. The molecule has 31 heavy (non-hydrogen) atoms. The van der Waals surface area contributed by atoms with E-state index in [1.54, 1.807) is 24.3 Å². The summed E-state index contributed by atoms with van der Waals surface area (Å²) < 4.78 is 25.4. The van der Waals surface area contributed by atoms with Crippen LogP contribution in [-0.4, -0.2) is 19.2 Å². The van der Waals surface area contributed by atoms with Gasteiger partial charge < -0.3 is 5.11 Å². The predicted octanol–water partition coefficient (Wildman–Crippen LogP) is 4.89. The number of aromatic hydroxyl groups is 1. The summed E-state index contributed by atoms with van der Waals surface area (Å²) in [4.78, 5) is 2.77. The van der Waals surface area contributed by atoms with Crippen LogP contribution in [-0.2, 0) is 16.4 Å². The topological polar surface area (TPSA) is 78.8 Å². The molecule has 2 aromatic carbocycles. The zero-order chi connectivity index (χ0) is 21.8. The molecule has 2 N–H and O–H groups in total. The number of nitrogens with zero attached hydrogens (tertiary/aromatic N) is 1. The van der Waals surface area contributed by atoms with Crippen molar-refractivity contribution in [2.75, 3.05) is 0 Å². The predicted molar refractivity (Wildman–Crippen MR) is 122 cm³/mol. The van der Waals surface area contributed by atoms with Crippen molar-refractivity contribution in [2.45, 2.75) is 63.2 Å². The quantitative estimate of drug-likeness (QED) is 0.670. The molecule has 2 aromatic rings. The Hall–Kier alpha value is -2.34. The van der Waals surface area contributed by atoms with Gasteiger partial charge in [0.05, 0.1) is 4.90 Å². The van der Waals surface area contributed by atoms with Gasteiger partial charge in [-0.3, -0.25) is 0 Å². The summed E-state index contributed by atoms with van der Waals surface area (Å²) >= 11 is 0. The van der Waals surface area contributed by atoms with E-state index in [1.807, 2.05) is 19.1 Å². The Morgan fingerprint density at radius 2 is 1.84 bits per heavy atom. The van der Waals surface area contributed by atoms with Crippen LogP contribution in [0.25, 0.3) is 0 Å². The molecule has 2 saturated carbocycles. The second kappa shape index (κ2) is 7.37. The van der Waals surface area contributed by atoms with E-state index >= 15 is 0 Å². The third kappa shape index (κ3) is 3.45. The van der Waals surface area contributed by atoms with Gasteiger partial charge in [0.15, 0.2) is 0 Å². The lowest BCUT2D eigenvalue weighted by atomic mass is 9.55. The summed E-state index contributed by atoms with van der Waals surface area (Å²) in [5.74, 6) is 2.01. The minimum absolute atomic E-state index is 0.0502. The van der Waals surface area contributed by atoms with Gasteiger partial charge in [-0.15, -0.1) is 0 Å². The zero-order valence-electron chi connectivity index (χ0n) is 18.1. The third-order valence-corrected chi connectivity index (χ3v) is 9.31. The molecule has 5 nitrogen and oxygen atoms in total. The first kappa shape index (κ1) is 20.6. The van der Waals surface area contributed by atoms with Gasteiger partial charge in [0, 0.05) is 11.1 Å². The molecule has 3 aliphatic rings. The van der Waals surface area contributed by atoms with Crippen LogP contribution in [0.15, 0.2) is 52.5 Å². The first-order chi connectivity index (χ1) is 14.8. The van der Waals surface area contributed by atoms with Gasteiger partial charge in [-0.05, 0) is 98.6 Å². The van der Waals surface area contributed by atoms with Gasteiger partial charge >= 0.3 is 0 Å². The van der Waals surface area contributed by atoms with Crippen LogP contribution >= 0.6 is 0 Å². The number of sulfonamides is 1. The summed E-state index contributed by atoms with van der Waals surface area (Å²) in [5, 5.41) is 14.3. The maximum Gasteiger partial charge on any atom is 0.276 e. The minimum Gasteiger partial charge on any atom is -0.508 e. The van der Waals surface area contributed by atoms with E-state index in [0.717, 1.165) is 49.8 Å². The zero-order valence-corrected chi connectivity index (χ0v) is 19.0. The Kier molecular flexibility index (Phi) is 4.88. The van der Waals surface area contributed by atoms with Crippen molar-refractivity contribution in [1.29, 1.82) is 0 Å². The lowest BCUT2D eigenvalue weighted by molar-refractivity contribution is 0.0954. The van der Waals surface area contributed by atoms with Gasteiger partial charge in [0.1, 0.15) is 5.75 Å². The number of fused-ring (bicyclic) bond motifs is 5. The van der Waals surface area contributed by atoms with Crippen LogP contribution in [0.3, 0.4) is 0 Å². The Morgan fingerprint density at radius 3 is 2.61 bits per heavy atom. The van der Waals surface area contributed by atoms with E-state index in [2.05, 4.69) is 22.9 Å². The smallest absolute Gasteiger partial charge is 0.276 e. The van der Waals surface area contributed by atoms with Crippen LogP contribution in [0, 0.1) is 24.2 Å². The number of benzene rings is 2. The second-order valence-electron chi connectivity index (χ2n) is 9.76. The molecule has 4 atom stereocenters. The van der Waals surface area contributed by atoms with E-state index in [-0.39, 0.29) is 10.3 Å². The van der Waals surface area contributed by atoms with Crippen molar-refractivity contribution in [3.8, 4) is 5.75 Å². The SMILES string of the molecule is Cc1ccc(S(=O)(=O)N/N=C2\CC[C@H]3[C@@H]4CCc5cc(O)ccc5[C@H]4CC[C@]23C)cc1.